The Morgan fingerprint density at radius 3 is 2.48 bits per heavy atom. The van der Waals surface area contributed by atoms with Gasteiger partial charge in [0.15, 0.2) is 0 Å². The molecule has 0 aliphatic carbocycles. The van der Waals surface area contributed by atoms with E-state index in [1.54, 1.807) is 12.1 Å². The van der Waals surface area contributed by atoms with Crippen molar-refractivity contribution in [1.29, 1.82) is 0 Å². The lowest BCUT2D eigenvalue weighted by Gasteiger charge is -2.12. The van der Waals surface area contributed by atoms with Gasteiger partial charge in [-0.2, -0.15) is 23.4 Å². The molecular weight excluding hydrogens is 641 g/mol. The van der Waals surface area contributed by atoms with Gasteiger partial charge in [-0.05, 0) is 30.3 Å². The summed E-state index contributed by atoms with van der Waals surface area (Å²) in [4.78, 5) is 27.6. The Morgan fingerprint density at radius 1 is 1.07 bits per heavy atom. The molecule has 0 aliphatic heterocycles. The van der Waals surface area contributed by atoms with Gasteiger partial charge in [0.05, 0.1) is 44.7 Å². The number of fused-ring (bicyclic) bond motifs is 1. The van der Waals surface area contributed by atoms with E-state index in [4.69, 9.17) is 11.0 Å². The minimum Gasteiger partial charge on any atom is -0.478 e. The van der Waals surface area contributed by atoms with E-state index in [0.29, 0.717) is 23.3 Å². The number of nitrogens with one attached hydrogen (secondary N) is 3. The lowest BCUT2D eigenvalue weighted by molar-refractivity contribution is -0.432. The third-order valence-electron chi connectivity index (χ3n) is 5.05. The van der Waals surface area contributed by atoms with Gasteiger partial charge in [-0.15, -0.1) is 15.7 Å². The zero-order valence-corrected chi connectivity index (χ0v) is 24.3. The fourth-order valence-electron chi connectivity index (χ4n) is 3.45. The molecule has 22 heteroatoms. The zero-order chi connectivity index (χ0) is 30.7. The molecular formula is C20H20N8O10S4. The van der Waals surface area contributed by atoms with E-state index in [1.165, 1.54) is 12.1 Å². The van der Waals surface area contributed by atoms with E-state index in [-0.39, 0.29) is 51.1 Å². The van der Waals surface area contributed by atoms with Gasteiger partial charge in [0.1, 0.15) is 9.90 Å². The number of hydrogen-bond acceptors (Lipinski definition) is 17. The molecule has 2 heterocycles. The predicted molar refractivity (Wildman–Crippen MR) is 151 cm³/mol. The van der Waals surface area contributed by atoms with E-state index in [9.17, 15) is 31.3 Å². The Balaban J connectivity index is 1.66. The molecule has 8 N–H and O–H groups in total. The van der Waals surface area contributed by atoms with Crippen LogP contribution in [0.3, 0.4) is 0 Å². The van der Waals surface area contributed by atoms with Gasteiger partial charge < -0.3 is 21.5 Å². The highest BCUT2D eigenvalue weighted by atomic mass is 32.2. The number of aromatic nitrogens is 4. The molecule has 0 saturated heterocycles. The molecule has 18 nitrogen and oxygen atoms in total. The largest absolute Gasteiger partial charge is 0.478 e. The van der Waals surface area contributed by atoms with Crippen molar-refractivity contribution < 1.29 is 45.9 Å². The van der Waals surface area contributed by atoms with Crippen LogP contribution in [-0.4, -0.2) is 77.0 Å². The quantitative estimate of drug-likeness (QED) is 0.0354. The van der Waals surface area contributed by atoms with Gasteiger partial charge in [0.2, 0.25) is 27.9 Å². The molecule has 4 rings (SSSR count). The zero-order valence-electron chi connectivity index (χ0n) is 21.0. The number of sulfonamides is 1. The van der Waals surface area contributed by atoms with Crippen LogP contribution in [0.5, 0.6) is 0 Å². The van der Waals surface area contributed by atoms with Crippen LogP contribution in [0.4, 0.5) is 23.5 Å². The number of benzene rings is 2. The molecule has 42 heavy (non-hydrogen) atoms. The minimum atomic E-state index is -4.91. The van der Waals surface area contributed by atoms with Crippen molar-refractivity contribution in [1.82, 2.24) is 24.7 Å². The summed E-state index contributed by atoms with van der Waals surface area (Å²) in [5, 5.41) is 27.8. The fourth-order valence-corrected chi connectivity index (χ4v) is 6.63. The van der Waals surface area contributed by atoms with Gasteiger partial charge in [-0.25, -0.2) is 28.2 Å². The van der Waals surface area contributed by atoms with E-state index >= 15 is 0 Å². The second-order valence-corrected chi connectivity index (χ2v) is 13.0. The van der Waals surface area contributed by atoms with Crippen LogP contribution in [-0.2, 0) is 29.5 Å². The van der Waals surface area contributed by atoms with Crippen molar-refractivity contribution in [3.05, 3.63) is 35.9 Å². The summed E-state index contributed by atoms with van der Waals surface area (Å²) in [6, 6.07) is 6.99. The third kappa shape index (κ3) is 7.75. The number of nitrogens with zero attached hydrogens (tertiary/aromatic N) is 4. The van der Waals surface area contributed by atoms with E-state index < -0.39 is 36.6 Å². The Labute approximate surface area is 245 Å². The van der Waals surface area contributed by atoms with E-state index in [2.05, 4.69) is 44.7 Å². The lowest BCUT2D eigenvalue weighted by atomic mass is 10.2. The normalized spacial score (nSPS) is 12.0. The molecule has 0 fully saturated rings. The summed E-state index contributed by atoms with van der Waals surface area (Å²) in [7, 11) is -8.29. The predicted octanol–water partition coefficient (Wildman–Crippen LogP) is 1.81. The molecule has 2 aromatic heterocycles. The summed E-state index contributed by atoms with van der Waals surface area (Å²) in [6.45, 7) is 0.200. The number of rotatable bonds is 13. The monoisotopic (exact) mass is 660 g/mol. The van der Waals surface area contributed by atoms with Crippen molar-refractivity contribution in [3.8, 4) is 10.6 Å². The van der Waals surface area contributed by atoms with E-state index in [1.807, 2.05) is 0 Å². The van der Waals surface area contributed by atoms with Crippen LogP contribution in [0.25, 0.3) is 20.8 Å². The second kappa shape index (κ2) is 12.6. The first kappa shape index (κ1) is 31.2. The van der Waals surface area contributed by atoms with Crippen molar-refractivity contribution in [2.45, 2.75) is 9.79 Å². The van der Waals surface area contributed by atoms with Crippen LogP contribution in [0.2, 0.25) is 0 Å². The molecule has 0 spiro atoms. The molecule has 0 radical (unpaired) electrons. The van der Waals surface area contributed by atoms with Gasteiger partial charge in [-0.1, -0.05) is 5.04 Å². The number of nitrogen functional groups attached to an aromatic ring is 1. The number of aromatic carboxylic acids is 1. The Hall–Kier alpha value is -3.74. The molecule has 0 saturated carbocycles. The molecule has 0 unspecified atom stereocenters. The number of carbonyl (C=O) groups is 1. The summed E-state index contributed by atoms with van der Waals surface area (Å²) in [5.74, 6) is -1.67. The molecule has 2 aromatic carbocycles. The van der Waals surface area contributed by atoms with Gasteiger partial charge in [0.25, 0.3) is 10.1 Å². The first-order valence-corrected chi connectivity index (χ1v) is 16.0. The molecule has 4 aromatic rings. The average molecular weight is 661 g/mol. The van der Waals surface area contributed by atoms with Gasteiger partial charge >= 0.3 is 5.97 Å². The topological polar surface area (TPSA) is 278 Å². The molecule has 0 aliphatic rings. The van der Waals surface area contributed by atoms with Crippen LogP contribution >= 0.6 is 23.4 Å². The standard InChI is InChI=1S/C20H20N8O10S4/c1-41(32,33)23-7-6-22-19-26-18(21)27-20(28-19)25-11-4-2-9(8-13(11)40-38-37-31)16-24-12-5-3-10(17(29)30)15(14(12)39-16)42(34,35)36/h2-5,8,23,31H,6-7H2,1H3,(H,29,30)(H,34,35,36)(H4,21,22,25,26,27,28). The highest BCUT2D eigenvalue weighted by Gasteiger charge is 2.26. The number of nitrogens with two attached hydrogens (primary N) is 1. The maximum atomic E-state index is 12.0. The van der Waals surface area contributed by atoms with E-state index in [0.717, 1.165) is 23.7 Å². The third-order valence-corrected chi connectivity index (χ3v) is 8.64. The van der Waals surface area contributed by atoms with Crippen LogP contribution < -0.4 is 21.1 Å². The highest BCUT2D eigenvalue weighted by molar-refractivity contribution is 7.94. The molecule has 224 valence electrons. The number of carboxylic acids is 1. The minimum absolute atomic E-state index is 0.0143. The van der Waals surface area contributed by atoms with Crippen LogP contribution in [0, 0.1) is 0 Å². The molecule has 0 amide bonds. The van der Waals surface area contributed by atoms with Gasteiger partial charge in [-0.3, -0.25) is 4.55 Å². The number of anilines is 4. The van der Waals surface area contributed by atoms with Crippen molar-refractivity contribution in [2.24, 2.45) is 0 Å². The number of carboxylic acid groups (broad SMARTS) is 1. The first-order chi connectivity index (χ1) is 19.7. The fraction of sp³-hybridized carbons (Fsp3) is 0.150. The second-order valence-electron chi connectivity index (χ2n) is 8.09. The Kier molecular flexibility index (Phi) is 9.39. The number of thiazole rings is 1. The lowest BCUT2D eigenvalue weighted by Crippen LogP contribution is -2.28. The first-order valence-electron chi connectivity index (χ1n) is 11.2. The highest BCUT2D eigenvalue weighted by Crippen LogP contribution is 2.39. The van der Waals surface area contributed by atoms with Crippen LogP contribution in [0.15, 0.2) is 40.1 Å². The SMILES string of the molecule is CS(=O)(=O)NCCNc1nc(N)nc(Nc2ccc(-c3nc4ccc(C(=O)O)c(S(=O)(=O)O)c4s3)cc2SOOO)n1. The van der Waals surface area contributed by atoms with Crippen molar-refractivity contribution in [2.75, 3.05) is 35.7 Å². The average Bonchev–Trinajstić information content (AvgIpc) is 3.33. The maximum absolute atomic E-state index is 12.0. The van der Waals surface area contributed by atoms with Gasteiger partial charge in [0, 0.05) is 18.7 Å². The summed E-state index contributed by atoms with van der Waals surface area (Å²) < 4.78 is 63.0. The summed E-state index contributed by atoms with van der Waals surface area (Å²) in [6.07, 6.45) is 1.02. The smallest absolute Gasteiger partial charge is 0.337 e. The summed E-state index contributed by atoms with van der Waals surface area (Å²) in [5.41, 5.74) is 6.03. The van der Waals surface area contributed by atoms with Crippen molar-refractivity contribution >= 4 is 83.2 Å². The Morgan fingerprint density at radius 2 is 1.81 bits per heavy atom. The summed E-state index contributed by atoms with van der Waals surface area (Å²) >= 11 is 1.40. The van der Waals surface area contributed by atoms with Crippen LogP contribution in [0.1, 0.15) is 10.4 Å². The molecule has 0 atom stereocenters. The van der Waals surface area contributed by atoms with Crippen molar-refractivity contribution in [3.63, 3.8) is 0 Å². The molecule has 0 bridgehead atoms. The number of hydrogen-bond donors (Lipinski definition) is 7. The maximum Gasteiger partial charge on any atom is 0.337 e. The Bertz CT molecular complexity index is 1870.